The molecule has 3 heteroatoms. The predicted molar refractivity (Wildman–Crippen MR) is 252 cm³/mol. The molecule has 0 N–H and O–H groups in total. The van der Waals surface area contributed by atoms with Crippen molar-refractivity contribution in [3.63, 3.8) is 0 Å². The van der Waals surface area contributed by atoms with Crippen molar-refractivity contribution in [2.75, 3.05) is 9.80 Å². The third-order valence-corrected chi connectivity index (χ3v) is 13.3. The Morgan fingerprint density at radius 3 is 0.898 bits per heavy atom. The molecule has 3 heterocycles. The first-order valence-electron chi connectivity index (χ1n) is 21.2. The number of nitrogens with zero attached hydrogens (tertiary/aromatic N) is 3. The zero-order valence-corrected chi connectivity index (χ0v) is 36.8. The van der Waals surface area contributed by atoms with Gasteiger partial charge in [0.1, 0.15) is 0 Å². The number of anilines is 6. The number of hydrogen-bond donors (Lipinski definition) is 0. The van der Waals surface area contributed by atoms with Crippen LogP contribution in [0.25, 0.3) is 27.5 Å². The molecule has 2 aliphatic rings. The minimum atomic E-state index is -0.249. The molecule has 0 fully saturated rings. The van der Waals surface area contributed by atoms with E-state index in [0.29, 0.717) is 0 Å². The number of para-hydroxylation sites is 1. The van der Waals surface area contributed by atoms with E-state index in [-0.39, 0.29) is 10.8 Å². The first-order valence-corrected chi connectivity index (χ1v) is 21.2. The normalized spacial score (nSPS) is 14.4. The largest absolute Gasteiger partial charge is 0.310 e. The molecule has 0 atom stereocenters. The van der Waals surface area contributed by atoms with Gasteiger partial charge in [-0.15, -0.1) is 0 Å². The molecule has 0 saturated carbocycles. The van der Waals surface area contributed by atoms with E-state index in [0.717, 1.165) is 0 Å². The van der Waals surface area contributed by atoms with E-state index < -0.39 is 0 Å². The highest BCUT2D eigenvalue weighted by molar-refractivity contribution is 6.16. The summed E-state index contributed by atoms with van der Waals surface area (Å²) in [7, 11) is 0. The molecule has 0 bridgehead atoms. The van der Waals surface area contributed by atoms with Gasteiger partial charge in [0, 0.05) is 55.7 Å². The second-order valence-electron chi connectivity index (χ2n) is 19.1. The van der Waals surface area contributed by atoms with Crippen LogP contribution in [0.2, 0.25) is 0 Å². The van der Waals surface area contributed by atoms with Gasteiger partial charge in [-0.25, -0.2) is 0 Å². The highest BCUT2D eigenvalue weighted by Crippen LogP contribution is 2.57. The molecular formula is C56H55N3. The summed E-state index contributed by atoms with van der Waals surface area (Å²) in [4.78, 5) is 5.01. The molecule has 7 aromatic carbocycles. The number of benzene rings is 7. The number of aryl methyl sites for hydroxylation is 8. The fourth-order valence-corrected chi connectivity index (χ4v) is 11.0. The second kappa shape index (κ2) is 12.7. The lowest BCUT2D eigenvalue weighted by Crippen LogP contribution is -2.33. The van der Waals surface area contributed by atoms with Crippen molar-refractivity contribution >= 4 is 55.9 Å². The number of aromatic nitrogens is 1. The number of hydrogen-bond acceptors (Lipinski definition) is 2. The van der Waals surface area contributed by atoms with E-state index in [4.69, 9.17) is 0 Å². The first kappa shape index (κ1) is 37.2. The lowest BCUT2D eigenvalue weighted by molar-refractivity contribution is 0.593. The Hall–Kier alpha value is -6.06. The Morgan fingerprint density at radius 2 is 0.610 bits per heavy atom. The van der Waals surface area contributed by atoms with Crippen molar-refractivity contribution in [3.8, 4) is 5.69 Å². The van der Waals surface area contributed by atoms with Crippen LogP contribution in [0.15, 0.2) is 115 Å². The highest BCUT2D eigenvalue weighted by atomic mass is 15.2. The van der Waals surface area contributed by atoms with Gasteiger partial charge < -0.3 is 14.4 Å². The molecule has 3 nitrogen and oxygen atoms in total. The van der Waals surface area contributed by atoms with Crippen molar-refractivity contribution in [3.05, 3.63) is 182 Å². The standard InChI is InChI=1S/C56H55N3/c1-32-16-33(2)21-40(20-32)57(41-22-34(3)17-35(4)23-41)44-28-46-47-29-45(58(42-24-36(5)18-37(6)25-42)43-26-38(7)19-39(8)27-43)31-51-53(47)59-52(46)50(30-44)55(9,10)48-14-13-15-49(54(48)59)56(51,11)12/h13-31H,1-12H3. The van der Waals surface area contributed by atoms with Gasteiger partial charge in [0.15, 0.2) is 0 Å². The molecule has 2 aliphatic heterocycles. The monoisotopic (exact) mass is 769 g/mol. The number of fused-ring (bicyclic) bond motifs is 1. The van der Waals surface area contributed by atoms with Crippen LogP contribution < -0.4 is 9.80 Å². The van der Waals surface area contributed by atoms with E-state index in [1.807, 2.05) is 0 Å². The fourth-order valence-electron chi connectivity index (χ4n) is 11.0. The lowest BCUT2D eigenvalue weighted by Gasteiger charge is -2.42. The summed E-state index contributed by atoms with van der Waals surface area (Å²) in [6, 6.07) is 44.9. The maximum Gasteiger partial charge on any atom is 0.0583 e. The summed E-state index contributed by atoms with van der Waals surface area (Å²) in [5, 5.41) is 2.59. The summed E-state index contributed by atoms with van der Waals surface area (Å²) in [5.41, 5.74) is 26.2. The Bertz CT molecular complexity index is 2710. The average molecular weight is 770 g/mol. The van der Waals surface area contributed by atoms with Crippen LogP contribution in [-0.2, 0) is 10.8 Å². The molecule has 1 aromatic heterocycles. The van der Waals surface area contributed by atoms with Crippen LogP contribution >= 0.6 is 0 Å². The van der Waals surface area contributed by atoms with Gasteiger partial charge in [0.05, 0.1) is 16.7 Å². The van der Waals surface area contributed by atoms with E-state index in [9.17, 15) is 0 Å². The Kier molecular flexibility index (Phi) is 8.02. The molecule has 294 valence electrons. The third kappa shape index (κ3) is 5.61. The fraction of sp³-hybridized carbons (Fsp3) is 0.250. The Morgan fingerprint density at radius 1 is 0.339 bits per heavy atom. The molecule has 0 unspecified atom stereocenters. The van der Waals surface area contributed by atoms with E-state index in [1.54, 1.807) is 0 Å². The summed E-state index contributed by atoms with van der Waals surface area (Å²) in [5.74, 6) is 0. The highest BCUT2D eigenvalue weighted by Gasteiger charge is 2.44. The van der Waals surface area contributed by atoms with Crippen LogP contribution in [0.4, 0.5) is 34.1 Å². The molecule has 10 rings (SSSR count). The van der Waals surface area contributed by atoms with Crippen LogP contribution in [-0.4, -0.2) is 4.57 Å². The Labute approximate surface area is 350 Å². The summed E-state index contributed by atoms with van der Waals surface area (Å²) < 4.78 is 2.65. The molecular weight excluding hydrogens is 715 g/mol. The number of rotatable bonds is 6. The smallest absolute Gasteiger partial charge is 0.0583 e. The predicted octanol–water partition coefficient (Wildman–Crippen LogP) is 15.5. The second-order valence-corrected chi connectivity index (χ2v) is 19.1. The minimum Gasteiger partial charge on any atom is -0.310 e. The quantitative estimate of drug-likeness (QED) is 0.167. The van der Waals surface area contributed by atoms with Crippen molar-refractivity contribution < 1.29 is 0 Å². The molecule has 0 radical (unpaired) electrons. The van der Waals surface area contributed by atoms with Gasteiger partial charge in [-0.05, 0) is 195 Å². The molecule has 0 amide bonds. The molecule has 0 aliphatic carbocycles. The van der Waals surface area contributed by atoms with E-state index in [2.05, 4.69) is 213 Å². The third-order valence-electron chi connectivity index (χ3n) is 13.3. The topological polar surface area (TPSA) is 11.4 Å². The SMILES string of the molecule is Cc1cc(C)cc(N(c2cc(C)cc(C)c2)c2cc3c4c(c2)c2cc(N(c5cc(C)cc(C)c5)c5cc(C)cc(C)c5)cc5c2n4-c2c(cccc2C5(C)C)C3(C)C)c1. The molecule has 0 saturated heterocycles. The van der Waals surface area contributed by atoms with Crippen molar-refractivity contribution in [2.24, 2.45) is 0 Å². The van der Waals surface area contributed by atoms with E-state index >= 15 is 0 Å². The maximum atomic E-state index is 2.65. The summed E-state index contributed by atoms with van der Waals surface area (Å²) in [6.07, 6.45) is 0. The van der Waals surface area contributed by atoms with Gasteiger partial charge in [0.2, 0.25) is 0 Å². The van der Waals surface area contributed by atoms with Gasteiger partial charge >= 0.3 is 0 Å². The maximum absolute atomic E-state index is 2.65. The molecule has 59 heavy (non-hydrogen) atoms. The summed E-state index contributed by atoms with van der Waals surface area (Å²) in [6.45, 7) is 27.5. The van der Waals surface area contributed by atoms with E-state index in [1.165, 1.54) is 128 Å². The van der Waals surface area contributed by atoms with Gasteiger partial charge in [-0.2, -0.15) is 0 Å². The van der Waals surface area contributed by atoms with Crippen molar-refractivity contribution in [2.45, 2.75) is 93.9 Å². The van der Waals surface area contributed by atoms with Crippen LogP contribution in [0, 0.1) is 55.4 Å². The van der Waals surface area contributed by atoms with Crippen molar-refractivity contribution in [1.29, 1.82) is 0 Å². The lowest BCUT2D eigenvalue weighted by atomic mass is 9.68. The molecule has 0 spiro atoms. The van der Waals surface area contributed by atoms with Crippen LogP contribution in [0.3, 0.4) is 0 Å². The zero-order chi connectivity index (χ0) is 41.4. The molecule has 8 aromatic rings. The first-order chi connectivity index (χ1) is 28.0. The summed E-state index contributed by atoms with van der Waals surface area (Å²) >= 11 is 0. The van der Waals surface area contributed by atoms with Gasteiger partial charge in [-0.3, -0.25) is 0 Å². The minimum absolute atomic E-state index is 0.249. The van der Waals surface area contributed by atoms with Gasteiger partial charge in [-0.1, -0.05) is 70.2 Å². The van der Waals surface area contributed by atoms with Crippen LogP contribution in [0.5, 0.6) is 0 Å². The van der Waals surface area contributed by atoms with Crippen LogP contribution in [0.1, 0.15) is 94.5 Å². The zero-order valence-electron chi connectivity index (χ0n) is 36.8. The average Bonchev–Trinajstić information content (AvgIpc) is 3.46. The Balaban J connectivity index is 1.37. The van der Waals surface area contributed by atoms with Gasteiger partial charge in [0.25, 0.3) is 0 Å². The van der Waals surface area contributed by atoms with Crippen molar-refractivity contribution in [1.82, 2.24) is 4.57 Å².